The van der Waals surface area contributed by atoms with Crippen molar-refractivity contribution >= 4 is 28.5 Å². The van der Waals surface area contributed by atoms with Crippen molar-refractivity contribution < 1.29 is 14.8 Å². The molecule has 0 bridgehead atoms. The second-order valence-corrected chi connectivity index (χ2v) is 4.72. The average Bonchev–Trinajstić information content (AvgIpc) is 2.38. The highest BCUT2D eigenvalue weighted by Crippen LogP contribution is 2.26. The van der Waals surface area contributed by atoms with Crippen LogP contribution in [0.1, 0.15) is 0 Å². The second kappa shape index (κ2) is 5.56. The van der Waals surface area contributed by atoms with Crippen LogP contribution in [0.4, 0.5) is 0 Å². The summed E-state index contributed by atoms with van der Waals surface area (Å²) in [6, 6.07) is 13.1. The highest BCUT2D eigenvalue weighted by molar-refractivity contribution is 9.10. The van der Waals surface area contributed by atoms with Crippen LogP contribution in [-0.4, -0.2) is 24.3 Å². The van der Waals surface area contributed by atoms with Crippen LogP contribution in [0.5, 0.6) is 5.75 Å². The first-order valence-electron chi connectivity index (χ1n) is 5.42. The lowest BCUT2D eigenvalue weighted by molar-refractivity contribution is 0.403. The number of methoxy groups -OCH3 is 1. The Morgan fingerprint density at radius 1 is 1.11 bits per heavy atom. The number of hydrogen-bond acceptors (Lipinski definition) is 3. The highest BCUT2D eigenvalue weighted by atomic mass is 79.9. The number of halogens is 1. The summed E-state index contributed by atoms with van der Waals surface area (Å²) < 4.78 is 6.02. The summed E-state index contributed by atoms with van der Waals surface area (Å²) in [5.74, 6) is 0.443. The lowest BCUT2D eigenvalue weighted by Gasteiger charge is -2.14. The van der Waals surface area contributed by atoms with E-state index < -0.39 is 7.12 Å². The van der Waals surface area contributed by atoms with Gasteiger partial charge in [-0.1, -0.05) is 46.3 Å². The monoisotopic (exact) mass is 306 g/mol. The zero-order chi connectivity index (χ0) is 13.1. The number of benzene rings is 2. The van der Waals surface area contributed by atoms with E-state index in [9.17, 15) is 10.0 Å². The molecule has 0 spiro atoms. The zero-order valence-electron chi connectivity index (χ0n) is 9.80. The molecule has 0 heterocycles. The summed E-state index contributed by atoms with van der Waals surface area (Å²) in [6.07, 6.45) is 0. The zero-order valence-corrected chi connectivity index (χ0v) is 11.4. The fourth-order valence-corrected chi connectivity index (χ4v) is 2.32. The predicted molar refractivity (Wildman–Crippen MR) is 76.0 cm³/mol. The minimum absolute atomic E-state index is 0.368. The van der Waals surface area contributed by atoms with Crippen molar-refractivity contribution in [1.82, 2.24) is 0 Å². The second-order valence-electron chi connectivity index (χ2n) is 3.81. The molecular formula is C13H12BBrO3. The van der Waals surface area contributed by atoms with Gasteiger partial charge in [0, 0.05) is 9.94 Å². The molecule has 0 unspecified atom stereocenters. The molecule has 18 heavy (non-hydrogen) atoms. The van der Waals surface area contributed by atoms with Gasteiger partial charge in [0.15, 0.2) is 0 Å². The molecule has 92 valence electrons. The Balaban J connectivity index is 2.69. The molecule has 2 aromatic rings. The molecule has 0 saturated carbocycles. The van der Waals surface area contributed by atoms with Crippen molar-refractivity contribution in [1.29, 1.82) is 0 Å². The van der Waals surface area contributed by atoms with E-state index in [2.05, 4.69) is 15.9 Å². The topological polar surface area (TPSA) is 49.7 Å². The third kappa shape index (κ3) is 2.58. The third-order valence-electron chi connectivity index (χ3n) is 2.67. The van der Waals surface area contributed by atoms with Crippen molar-refractivity contribution in [2.45, 2.75) is 0 Å². The van der Waals surface area contributed by atoms with Gasteiger partial charge in [0.05, 0.1) is 7.11 Å². The van der Waals surface area contributed by atoms with Crippen molar-refractivity contribution in [3.05, 3.63) is 46.9 Å². The maximum Gasteiger partial charge on any atom is 0.492 e. The van der Waals surface area contributed by atoms with E-state index in [1.54, 1.807) is 6.07 Å². The maximum atomic E-state index is 9.53. The standard InChI is InChI=1S/C13H12BBrO3/c1-18-12-8-10(15)7-11(13(12)14(16)17)9-5-3-2-4-6-9/h2-8,16-17H,1H3. The van der Waals surface area contributed by atoms with Crippen LogP contribution in [-0.2, 0) is 0 Å². The molecule has 2 aromatic carbocycles. The van der Waals surface area contributed by atoms with Crippen LogP contribution in [0.25, 0.3) is 11.1 Å². The van der Waals surface area contributed by atoms with Crippen molar-refractivity contribution in [3.63, 3.8) is 0 Å². The predicted octanol–water partition coefficient (Wildman–Crippen LogP) is 1.80. The molecule has 2 rings (SSSR count). The van der Waals surface area contributed by atoms with Crippen LogP contribution in [0.15, 0.2) is 46.9 Å². The van der Waals surface area contributed by atoms with Gasteiger partial charge in [-0.25, -0.2) is 0 Å². The Labute approximate surface area is 114 Å². The quantitative estimate of drug-likeness (QED) is 0.850. The van der Waals surface area contributed by atoms with Crippen LogP contribution < -0.4 is 10.2 Å². The molecule has 3 nitrogen and oxygen atoms in total. The number of rotatable bonds is 3. The summed E-state index contributed by atoms with van der Waals surface area (Å²) in [5.41, 5.74) is 2.00. The minimum atomic E-state index is -1.58. The Morgan fingerprint density at radius 2 is 1.78 bits per heavy atom. The van der Waals surface area contributed by atoms with Crippen LogP contribution in [0.2, 0.25) is 0 Å². The molecule has 0 aliphatic heterocycles. The first-order valence-corrected chi connectivity index (χ1v) is 6.21. The molecular weight excluding hydrogens is 295 g/mol. The van der Waals surface area contributed by atoms with Gasteiger partial charge in [0.25, 0.3) is 0 Å². The Kier molecular flexibility index (Phi) is 4.06. The van der Waals surface area contributed by atoms with Crippen molar-refractivity contribution in [2.75, 3.05) is 7.11 Å². The van der Waals surface area contributed by atoms with Crippen LogP contribution in [0.3, 0.4) is 0 Å². The van der Waals surface area contributed by atoms with Crippen LogP contribution >= 0.6 is 15.9 Å². The fraction of sp³-hybridized carbons (Fsp3) is 0.0769. The van der Waals surface area contributed by atoms with Gasteiger partial charge in [-0.2, -0.15) is 0 Å². The number of hydrogen-bond donors (Lipinski definition) is 2. The lowest BCUT2D eigenvalue weighted by Crippen LogP contribution is -2.33. The van der Waals surface area contributed by atoms with Gasteiger partial charge in [0.1, 0.15) is 5.75 Å². The normalized spacial score (nSPS) is 10.2. The van der Waals surface area contributed by atoms with Gasteiger partial charge >= 0.3 is 7.12 Å². The Morgan fingerprint density at radius 3 is 2.33 bits per heavy atom. The van der Waals surface area contributed by atoms with E-state index in [0.29, 0.717) is 11.2 Å². The molecule has 0 amide bonds. The van der Waals surface area contributed by atoms with Gasteiger partial charge in [-0.15, -0.1) is 0 Å². The van der Waals surface area contributed by atoms with E-state index in [-0.39, 0.29) is 0 Å². The summed E-state index contributed by atoms with van der Waals surface area (Å²) in [7, 11) is -0.0779. The highest BCUT2D eigenvalue weighted by Gasteiger charge is 2.22. The summed E-state index contributed by atoms with van der Waals surface area (Å²) in [5, 5.41) is 19.1. The summed E-state index contributed by atoms with van der Waals surface area (Å²) in [4.78, 5) is 0. The van der Waals surface area contributed by atoms with E-state index in [1.807, 2.05) is 36.4 Å². The van der Waals surface area contributed by atoms with Crippen molar-refractivity contribution in [3.8, 4) is 16.9 Å². The molecule has 0 fully saturated rings. The first kappa shape index (κ1) is 13.1. The third-order valence-corrected chi connectivity index (χ3v) is 3.13. The molecule has 0 atom stereocenters. The average molecular weight is 307 g/mol. The molecule has 2 N–H and O–H groups in total. The molecule has 0 saturated heterocycles. The molecule has 0 aliphatic carbocycles. The van der Waals surface area contributed by atoms with E-state index in [4.69, 9.17) is 4.74 Å². The van der Waals surface area contributed by atoms with Crippen molar-refractivity contribution in [2.24, 2.45) is 0 Å². The first-order chi connectivity index (χ1) is 8.63. The van der Waals surface area contributed by atoms with Gasteiger partial charge in [-0.3, -0.25) is 0 Å². The fourth-order valence-electron chi connectivity index (χ4n) is 1.88. The Bertz CT molecular complexity index is 543. The van der Waals surface area contributed by atoms with Gasteiger partial charge < -0.3 is 14.8 Å². The van der Waals surface area contributed by atoms with E-state index >= 15 is 0 Å². The van der Waals surface area contributed by atoms with Gasteiger partial charge in [-0.05, 0) is 23.3 Å². The van der Waals surface area contributed by atoms with Gasteiger partial charge in [0.2, 0.25) is 0 Å². The largest absolute Gasteiger partial charge is 0.497 e. The minimum Gasteiger partial charge on any atom is -0.497 e. The lowest BCUT2D eigenvalue weighted by atomic mass is 9.74. The SMILES string of the molecule is COc1cc(Br)cc(-c2ccccc2)c1B(O)O. The van der Waals surface area contributed by atoms with E-state index in [0.717, 1.165) is 15.6 Å². The maximum absolute atomic E-state index is 9.53. The summed E-state index contributed by atoms with van der Waals surface area (Å²) >= 11 is 3.39. The molecule has 0 radical (unpaired) electrons. The van der Waals surface area contributed by atoms with E-state index in [1.165, 1.54) is 7.11 Å². The van der Waals surface area contributed by atoms with Crippen LogP contribution in [0, 0.1) is 0 Å². The molecule has 5 heteroatoms. The molecule has 0 aromatic heterocycles. The number of ether oxygens (including phenoxy) is 1. The Hall–Kier alpha value is -1.30. The molecule has 0 aliphatic rings. The summed E-state index contributed by atoms with van der Waals surface area (Å²) in [6.45, 7) is 0. The smallest absolute Gasteiger partial charge is 0.492 e.